The van der Waals surface area contributed by atoms with Crippen molar-refractivity contribution in [1.29, 1.82) is 0 Å². The maximum Gasteiger partial charge on any atom is 0.240 e. The highest BCUT2D eigenvalue weighted by atomic mass is 32.2. The third kappa shape index (κ3) is 3.53. The van der Waals surface area contributed by atoms with Gasteiger partial charge in [-0.3, -0.25) is 0 Å². The Hall–Kier alpha value is -1.42. The van der Waals surface area contributed by atoms with Crippen LogP contribution in [0.1, 0.15) is 12.5 Å². The number of rotatable bonds is 3. The predicted molar refractivity (Wildman–Crippen MR) is 61.2 cm³/mol. The van der Waals surface area contributed by atoms with E-state index in [0.29, 0.717) is 0 Å². The van der Waals surface area contributed by atoms with Crippen LogP contribution in [-0.4, -0.2) is 26.7 Å². The van der Waals surface area contributed by atoms with Gasteiger partial charge in [-0.2, -0.15) is 0 Å². The second-order valence-corrected chi connectivity index (χ2v) is 4.87. The molecule has 6 heteroatoms. The summed E-state index contributed by atoms with van der Waals surface area (Å²) in [5.74, 6) is 3.94. The monoisotopic (exact) mass is 257 g/mol. The zero-order valence-corrected chi connectivity index (χ0v) is 10.0. The summed E-state index contributed by atoms with van der Waals surface area (Å²) in [6, 6.07) is 3.43. The highest BCUT2D eigenvalue weighted by molar-refractivity contribution is 7.89. The van der Waals surface area contributed by atoms with Gasteiger partial charge in [0, 0.05) is 6.54 Å². The van der Waals surface area contributed by atoms with Crippen molar-refractivity contribution < 1.29 is 17.9 Å². The molecule has 0 saturated heterocycles. The SMILES string of the molecule is CCNS(=O)(=O)c1ccc(C#CCO)c(F)c1. The molecule has 2 N–H and O–H groups in total. The standard InChI is InChI=1S/C11H12FNO3S/c1-2-13-17(15,16)10-6-5-9(4-3-7-14)11(12)8-10/h5-6,8,13-14H,2,7H2,1H3. The van der Waals surface area contributed by atoms with Crippen LogP contribution < -0.4 is 4.72 Å². The van der Waals surface area contributed by atoms with E-state index in [2.05, 4.69) is 16.6 Å². The first kappa shape index (κ1) is 13.6. The summed E-state index contributed by atoms with van der Waals surface area (Å²) in [7, 11) is -3.66. The molecule has 4 nitrogen and oxygen atoms in total. The molecule has 0 saturated carbocycles. The van der Waals surface area contributed by atoms with Crippen LogP contribution in [0.25, 0.3) is 0 Å². The number of aliphatic hydroxyl groups excluding tert-OH is 1. The Morgan fingerprint density at radius 2 is 2.18 bits per heavy atom. The summed E-state index contributed by atoms with van der Waals surface area (Å²) in [5.41, 5.74) is 0.0505. The maximum atomic E-state index is 13.5. The van der Waals surface area contributed by atoms with E-state index in [1.54, 1.807) is 6.92 Å². The minimum Gasteiger partial charge on any atom is -0.384 e. The number of halogens is 1. The minimum absolute atomic E-state index is 0.0505. The lowest BCUT2D eigenvalue weighted by Gasteiger charge is -2.04. The van der Waals surface area contributed by atoms with Crippen LogP contribution in [0, 0.1) is 17.7 Å². The van der Waals surface area contributed by atoms with E-state index >= 15 is 0 Å². The number of aliphatic hydroxyl groups is 1. The van der Waals surface area contributed by atoms with Crippen molar-refractivity contribution in [1.82, 2.24) is 4.72 Å². The lowest BCUT2D eigenvalue weighted by atomic mass is 10.2. The molecule has 0 amide bonds. The molecule has 0 bridgehead atoms. The van der Waals surface area contributed by atoms with Gasteiger partial charge in [-0.1, -0.05) is 18.8 Å². The Bertz CT molecular complexity index is 558. The van der Waals surface area contributed by atoms with E-state index in [1.165, 1.54) is 12.1 Å². The van der Waals surface area contributed by atoms with E-state index in [-0.39, 0.29) is 23.6 Å². The molecule has 0 fully saturated rings. The minimum atomic E-state index is -3.66. The summed E-state index contributed by atoms with van der Waals surface area (Å²) in [5, 5.41) is 8.47. The molecular weight excluding hydrogens is 245 g/mol. The van der Waals surface area contributed by atoms with Gasteiger partial charge >= 0.3 is 0 Å². The molecular formula is C11H12FNO3S. The quantitative estimate of drug-likeness (QED) is 0.773. The van der Waals surface area contributed by atoms with Crippen LogP contribution in [0.2, 0.25) is 0 Å². The number of hydrogen-bond acceptors (Lipinski definition) is 3. The van der Waals surface area contributed by atoms with Crippen LogP contribution in [0.3, 0.4) is 0 Å². The van der Waals surface area contributed by atoms with Gasteiger partial charge in [0.1, 0.15) is 12.4 Å². The Morgan fingerprint density at radius 1 is 1.47 bits per heavy atom. The van der Waals surface area contributed by atoms with Crippen molar-refractivity contribution >= 4 is 10.0 Å². The fraction of sp³-hybridized carbons (Fsp3) is 0.273. The maximum absolute atomic E-state index is 13.5. The van der Waals surface area contributed by atoms with Crippen LogP contribution >= 0.6 is 0 Å². The second kappa shape index (κ2) is 5.77. The molecule has 0 aliphatic rings. The summed E-state index contributed by atoms with van der Waals surface area (Å²) >= 11 is 0. The molecule has 1 rings (SSSR count). The number of benzene rings is 1. The van der Waals surface area contributed by atoms with Gasteiger partial charge < -0.3 is 5.11 Å². The Morgan fingerprint density at radius 3 is 2.71 bits per heavy atom. The topological polar surface area (TPSA) is 66.4 Å². The molecule has 0 spiro atoms. The lowest BCUT2D eigenvalue weighted by Crippen LogP contribution is -2.23. The molecule has 0 unspecified atom stereocenters. The molecule has 0 aromatic heterocycles. The van der Waals surface area contributed by atoms with Gasteiger partial charge in [0.15, 0.2) is 0 Å². The fourth-order valence-electron chi connectivity index (χ4n) is 1.17. The number of sulfonamides is 1. The summed E-state index contributed by atoms with van der Waals surface area (Å²) in [4.78, 5) is -0.147. The molecule has 0 aliphatic heterocycles. The van der Waals surface area contributed by atoms with Crippen LogP contribution in [-0.2, 0) is 10.0 Å². The third-order valence-corrected chi connectivity index (χ3v) is 3.43. The van der Waals surface area contributed by atoms with Gasteiger partial charge in [0.2, 0.25) is 10.0 Å². The first-order valence-corrected chi connectivity index (χ1v) is 6.38. The molecule has 0 radical (unpaired) electrons. The van der Waals surface area contributed by atoms with E-state index in [0.717, 1.165) is 6.07 Å². The highest BCUT2D eigenvalue weighted by Crippen LogP contribution is 2.14. The van der Waals surface area contributed by atoms with Crippen LogP contribution in [0.5, 0.6) is 0 Å². The van der Waals surface area contributed by atoms with Crippen molar-refractivity contribution in [2.75, 3.05) is 13.2 Å². The molecule has 0 atom stereocenters. The van der Waals surface area contributed by atoms with Crippen molar-refractivity contribution in [3.63, 3.8) is 0 Å². The van der Waals surface area contributed by atoms with Crippen LogP contribution in [0.15, 0.2) is 23.1 Å². The van der Waals surface area contributed by atoms with E-state index in [1.807, 2.05) is 0 Å². The number of nitrogens with one attached hydrogen (secondary N) is 1. The van der Waals surface area contributed by atoms with Crippen molar-refractivity contribution in [2.45, 2.75) is 11.8 Å². The van der Waals surface area contributed by atoms with Gasteiger partial charge in [-0.15, -0.1) is 0 Å². The average Bonchev–Trinajstić information content (AvgIpc) is 2.27. The predicted octanol–water partition coefficient (Wildman–Crippen LogP) is 0.468. The van der Waals surface area contributed by atoms with E-state index in [9.17, 15) is 12.8 Å². The summed E-state index contributed by atoms with van der Waals surface area (Å²) in [6.07, 6.45) is 0. The third-order valence-electron chi connectivity index (χ3n) is 1.89. The average molecular weight is 257 g/mol. The molecule has 92 valence electrons. The largest absolute Gasteiger partial charge is 0.384 e. The van der Waals surface area contributed by atoms with Gasteiger partial charge in [-0.25, -0.2) is 17.5 Å². The van der Waals surface area contributed by atoms with Gasteiger partial charge in [0.25, 0.3) is 0 Å². The Kier molecular flexibility index (Phi) is 4.63. The Labute approximate surface area is 99.5 Å². The highest BCUT2D eigenvalue weighted by Gasteiger charge is 2.14. The molecule has 1 aromatic rings. The summed E-state index contributed by atoms with van der Waals surface area (Å²) in [6.45, 7) is 1.49. The number of hydrogen-bond donors (Lipinski definition) is 2. The van der Waals surface area contributed by atoms with Crippen molar-refractivity contribution in [3.05, 3.63) is 29.6 Å². The second-order valence-electron chi connectivity index (χ2n) is 3.10. The lowest BCUT2D eigenvalue weighted by molar-refractivity contribution is 0.350. The smallest absolute Gasteiger partial charge is 0.240 e. The summed E-state index contributed by atoms with van der Waals surface area (Å²) < 4.78 is 38.8. The van der Waals surface area contributed by atoms with Crippen molar-refractivity contribution in [2.24, 2.45) is 0 Å². The van der Waals surface area contributed by atoms with Crippen LogP contribution in [0.4, 0.5) is 4.39 Å². The molecule has 17 heavy (non-hydrogen) atoms. The normalized spacial score (nSPS) is 10.8. The molecule has 1 aromatic carbocycles. The van der Waals surface area contributed by atoms with Gasteiger partial charge in [-0.05, 0) is 18.2 Å². The molecule has 0 aliphatic carbocycles. The zero-order chi connectivity index (χ0) is 12.9. The van der Waals surface area contributed by atoms with Crippen molar-refractivity contribution in [3.8, 4) is 11.8 Å². The first-order chi connectivity index (χ1) is 8.01. The van der Waals surface area contributed by atoms with Gasteiger partial charge in [0.05, 0.1) is 10.5 Å². The molecule has 0 heterocycles. The van der Waals surface area contributed by atoms with E-state index < -0.39 is 15.8 Å². The fourth-order valence-corrected chi connectivity index (χ4v) is 2.22. The first-order valence-electron chi connectivity index (χ1n) is 4.90. The zero-order valence-electron chi connectivity index (χ0n) is 9.20. The van der Waals surface area contributed by atoms with E-state index in [4.69, 9.17) is 5.11 Å². The Balaban J connectivity index is 3.13.